The molecule has 0 atom stereocenters. The van der Waals surface area contributed by atoms with Crippen LogP contribution in [0.4, 0.5) is 13.2 Å². The first kappa shape index (κ1) is 21.5. The fraction of sp³-hybridized carbons (Fsp3) is 0.478. The number of hydrogen-bond donors (Lipinski definition) is 0. The predicted molar refractivity (Wildman–Crippen MR) is 113 cm³/mol. The average Bonchev–Trinajstić information content (AvgIpc) is 3.51. The van der Waals surface area contributed by atoms with Crippen molar-refractivity contribution in [3.05, 3.63) is 51.4 Å². The molecule has 2 heterocycles. The highest BCUT2D eigenvalue weighted by molar-refractivity contribution is 5.66. The molecular formula is C23H26F3N3O2. The van der Waals surface area contributed by atoms with Crippen LogP contribution in [0, 0.1) is 6.92 Å². The van der Waals surface area contributed by atoms with E-state index < -0.39 is 11.7 Å². The zero-order valence-corrected chi connectivity index (χ0v) is 18.1. The van der Waals surface area contributed by atoms with Crippen LogP contribution in [0.2, 0.25) is 0 Å². The first-order valence-corrected chi connectivity index (χ1v) is 10.6. The third kappa shape index (κ3) is 3.62. The summed E-state index contributed by atoms with van der Waals surface area (Å²) in [5.41, 5.74) is 0.885. The second-order valence-corrected chi connectivity index (χ2v) is 8.15. The standard InChI is InChI=1S/C23H26F3N3O2/c1-5-14(6-2)18-11-13(3)29-20(18)22(30)28(15-7-8-15)21(27-29)17-10-9-16(31-4)12-19(17)23(24,25)26/h9-12,14-15H,5-8H2,1-4H3. The van der Waals surface area contributed by atoms with Gasteiger partial charge < -0.3 is 4.74 Å². The maximum absolute atomic E-state index is 13.9. The number of hydrogen-bond acceptors (Lipinski definition) is 3. The van der Waals surface area contributed by atoms with E-state index in [2.05, 4.69) is 18.9 Å². The molecule has 0 radical (unpaired) electrons. The van der Waals surface area contributed by atoms with Gasteiger partial charge in [-0.1, -0.05) is 13.8 Å². The highest BCUT2D eigenvalue weighted by Crippen LogP contribution is 2.42. The van der Waals surface area contributed by atoms with E-state index in [0.717, 1.165) is 43.0 Å². The Morgan fingerprint density at radius 1 is 1.19 bits per heavy atom. The molecule has 31 heavy (non-hydrogen) atoms. The number of benzene rings is 1. The van der Waals surface area contributed by atoms with Gasteiger partial charge in [0.15, 0.2) is 5.82 Å². The first-order chi connectivity index (χ1) is 14.7. The van der Waals surface area contributed by atoms with Crippen LogP contribution in [-0.2, 0) is 6.18 Å². The summed E-state index contributed by atoms with van der Waals surface area (Å²) < 4.78 is 49.7. The van der Waals surface area contributed by atoms with E-state index in [4.69, 9.17) is 4.74 Å². The van der Waals surface area contributed by atoms with Crippen LogP contribution >= 0.6 is 0 Å². The number of methoxy groups -OCH3 is 1. The molecule has 0 N–H and O–H groups in total. The Morgan fingerprint density at radius 2 is 1.87 bits per heavy atom. The number of ether oxygens (including phenoxy) is 1. The van der Waals surface area contributed by atoms with Gasteiger partial charge in [-0.15, -0.1) is 5.10 Å². The molecule has 166 valence electrons. The van der Waals surface area contributed by atoms with Crippen molar-refractivity contribution in [1.29, 1.82) is 0 Å². The Labute approximate surface area is 178 Å². The summed E-state index contributed by atoms with van der Waals surface area (Å²) >= 11 is 0. The molecule has 2 aromatic heterocycles. The molecule has 1 aromatic carbocycles. The van der Waals surface area contributed by atoms with Crippen LogP contribution in [-0.4, -0.2) is 21.3 Å². The van der Waals surface area contributed by atoms with Gasteiger partial charge in [0.05, 0.1) is 12.7 Å². The molecule has 0 aliphatic heterocycles. The number of fused-ring (bicyclic) bond motifs is 1. The van der Waals surface area contributed by atoms with E-state index in [1.165, 1.54) is 28.3 Å². The number of rotatable bonds is 6. The van der Waals surface area contributed by atoms with Gasteiger partial charge in [-0.25, -0.2) is 4.52 Å². The summed E-state index contributed by atoms with van der Waals surface area (Å²) in [6.45, 7) is 5.97. The summed E-state index contributed by atoms with van der Waals surface area (Å²) in [4.78, 5) is 13.7. The Hall–Kier alpha value is -2.77. The molecule has 4 rings (SSSR count). The van der Waals surface area contributed by atoms with Crippen molar-refractivity contribution in [3.8, 4) is 17.1 Å². The second-order valence-electron chi connectivity index (χ2n) is 8.15. The maximum atomic E-state index is 13.9. The monoisotopic (exact) mass is 433 g/mol. The van der Waals surface area contributed by atoms with Crippen LogP contribution in [0.25, 0.3) is 16.9 Å². The molecule has 1 fully saturated rings. The minimum atomic E-state index is -4.61. The van der Waals surface area contributed by atoms with Gasteiger partial charge in [-0.3, -0.25) is 9.36 Å². The Bertz CT molecular complexity index is 1190. The minimum absolute atomic E-state index is 0.0461. The van der Waals surface area contributed by atoms with E-state index in [9.17, 15) is 18.0 Å². The normalized spacial score (nSPS) is 14.6. The molecule has 0 saturated heterocycles. The van der Waals surface area contributed by atoms with Gasteiger partial charge >= 0.3 is 6.18 Å². The lowest BCUT2D eigenvalue weighted by molar-refractivity contribution is -0.137. The lowest BCUT2D eigenvalue weighted by Gasteiger charge is -2.18. The zero-order chi connectivity index (χ0) is 22.5. The molecule has 0 spiro atoms. The van der Waals surface area contributed by atoms with E-state index in [-0.39, 0.29) is 34.7 Å². The molecule has 0 bridgehead atoms. The van der Waals surface area contributed by atoms with Crippen LogP contribution in [0.15, 0.2) is 29.1 Å². The van der Waals surface area contributed by atoms with Gasteiger partial charge in [0.1, 0.15) is 11.3 Å². The SMILES string of the molecule is CCC(CC)c1cc(C)n2nc(-c3ccc(OC)cc3C(F)(F)F)n(C3CC3)c(=O)c12. The number of aromatic nitrogens is 3. The average molecular weight is 433 g/mol. The van der Waals surface area contributed by atoms with Crippen molar-refractivity contribution < 1.29 is 17.9 Å². The summed E-state index contributed by atoms with van der Waals surface area (Å²) in [6.07, 6.45) is -1.37. The molecule has 1 saturated carbocycles. The molecule has 0 unspecified atom stereocenters. The van der Waals surface area contributed by atoms with Crippen molar-refractivity contribution in [1.82, 2.24) is 14.2 Å². The van der Waals surface area contributed by atoms with Crippen LogP contribution < -0.4 is 10.3 Å². The molecule has 1 aliphatic rings. The van der Waals surface area contributed by atoms with Crippen molar-refractivity contribution in [3.63, 3.8) is 0 Å². The summed E-state index contributed by atoms with van der Waals surface area (Å²) in [7, 11) is 1.32. The largest absolute Gasteiger partial charge is 0.497 e. The van der Waals surface area contributed by atoms with Gasteiger partial charge in [0.25, 0.3) is 5.56 Å². The molecule has 0 amide bonds. The first-order valence-electron chi connectivity index (χ1n) is 10.6. The number of aryl methyl sites for hydroxylation is 1. The Balaban J connectivity index is 2.07. The van der Waals surface area contributed by atoms with Crippen molar-refractivity contribution in [2.75, 3.05) is 7.11 Å². The Kier molecular flexibility index (Phi) is 5.35. The fourth-order valence-corrected chi connectivity index (χ4v) is 4.32. The smallest absolute Gasteiger partial charge is 0.417 e. The van der Waals surface area contributed by atoms with Gasteiger partial charge in [0.2, 0.25) is 0 Å². The highest BCUT2D eigenvalue weighted by Gasteiger charge is 2.38. The van der Waals surface area contributed by atoms with E-state index in [1.54, 1.807) is 0 Å². The molecule has 1 aliphatic carbocycles. The molecule has 8 heteroatoms. The Morgan fingerprint density at radius 3 is 2.42 bits per heavy atom. The zero-order valence-electron chi connectivity index (χ0n) is 18.1. The van der Waals surface area contributed by atoms with E-state index in [0.29, 0.717) is 5.52 Å². The van der Waals surface area contributed by atoms with Gasteiger partial charge in [0, 0.05) is 17.3 Å². The minimum Gasteiger partial charge on any atom is -0.497 e. The van der Waals surface area contributed by atoms with Crippen molar-refractivity contribution in [2.24, 2.45) is 0 Å². The third-order valence-corrected chi connectivity index (χ3v) is 6.14. The second kappa shape index (κ2) is 7.73. The van der Waals surface area contributed by atoms with Crippen LogP contribution in [0.5, 0.6) is 5.75 Å². The van der Waals surface area contributed by atoms with E-state index in [1.807, 2.05) is 13.0 Å². The fourth-order valence-electron chi connectivity index (χ4n) is 4.32. The van der Waals surface area contributed by atoms with Crippen LogP contribution in [0.3, 0.4) is 0 Å². The van der Waals surface area contributed by atoms with Crippen LogP contribution in [0.1, 0.15) is 68.3 Å². The summed E-state index contributed by atoms with van der Waals surface area (Å²) in [5.74, 6) is 0.346. The molecule has 3 aromatic rings. The lowest BCUT2D eigenvalue weighted by atomic mass is 9.95. The highest BCUT2D eigenvalue weighted by atomic mass is 19.4. The molecular weight excluding hydrogens is 407 g/mol. The topological polar surface area (TPSA) is 48.5 Å². The summed E-state index contributed by atoms with van der Waals surface area (Å²) in [5, 5.41) is 4.61. The third-order valence-electron chi connectivity index (χ3n) is 6.14. The maximum Gasteiger partial charge on any atom is 0.417 e. The quantitative estimate of drug-likeness (QED) is 0.498. The predicted octanol–water partition coefficient (Wildman–Crippen LogP) is 5.74. The van der Waals surface area contributed by atoms with E-state index >= 15 is 0 Å². The van der Waals surface area contributed by atoms with Gasteiger partial charge in [-0.2, -0.15) is 13.2 Å². The lowest BCUT2D eigenvalue weighted by Crippen LogP contribution is -2.27. The number of halogens is 3. The van der Waals surface area contributed by atoms with Crippen molar-refractivity contribution >= 4 is 5.52 Å². The summed E-state index contributed by atoms with van der Waals surface area (Å²) in [6, 6.07) is 5.58. The molecule has 5 nitrogen and oxygen atoms in total. The van der Waals surface area contributed by atoms with Gasteiger partial charge in [-0.05, 0) is 68.4 Å². The number of nitrogens with zero attached hydrogens (tertiary/aromatic N) is 3. The van der Waals surface area contributed by atoms with Crippen molar-refractivity contribution in [2.45, 2.75) is 64.6 Å². The number of alkyl halides is 3.